The van der Waals surface area contributed by atoms with Gasteiger partial charge in [-0.3, -0.25) is 9.59 Å². The van der Waals surface area contributed by atoms with E-state index in [9.17, 15) is 9.59 Å². The third-order valence-electron chi connectivity index (χ3n) is 6.35. The van der Waals surface area contributed by atoms with E-state index in [1.807, 2.05) is 32.4 Å². The zero-order valence-corrected chi connectivity index (χ0v) is 20.6. The molecule has 4 rings (SSSR count). The summed E-state index contributed by atoms with van der Waals surface area (Å²) in [4.78, 5) is 30.2. The smallest absolute Gasteiger partial charge is 0.224 e. The van der Waals surface area contributed by atoms with Crippen molar-refractivity contribution in [2.45, 2.75) is 19.3 Å². The third-order valence-corrected chi connectivity index (χ3v) is 6.35. The first-order valence-electron chi connectivity index (χ1n) is 11.6. The van der Waals surface area contributed by atoms with Crippen molar-refractivity contribution in [3.05, 3.63) is 95.2 Å². The molecule has 4 aromatic rings. The maximum Gasteiger partial charge on any atom is 0.224 e. The topological polar surface area (TPSA) is 74.4 Å². The van der Waals surface area contributed by atoms with E-state index >= 15 is 0 Å². The second-order valence-corrected chi connectivity index (χ2v) is 8.89. The average Bonchev–Trinajstić information content (AvgIpc) is 3.28. The number of fused-ring (bicyclic) bond motifs is 1. The van der Waals surface area contributed by atoms with Crippen LogP contribution in [-0.4, -0.2) is 44.4 Å². The minimum Gasteiger partial charge on any atom is -0.496 e. The van der Waals surface area contributed by atoms with Crippen LogP contribution in [0.2, 0.25) is 0 Å². The Labute approximate surface area is 205 Å². The minimum atomic E-state index is -0.126. The Balaban J connectivity index is 1.59. The molecule has 0 aliphatic heterocycles. The SMILES string of the molecule is COc1ccc(C(C)=O)cc1CC(=O)NCC(c1ccc(N(C)C)cc1)c1c[nH]c2ccccc12. The number of aromatic amines is 1. The molecular weight excluding hydrogens is 438 g/mol. The Morgan fingerprint density at radius 1 is 1.03 bits per heavy atom. The summed E-state index contributed by atoms with van der Waals surface area (Å²) in [6.07, 6.45) is 2.16. The monoisotopic (exact) mass is 469 g/mol. The molecule has 0 spiro atoms. The number of hydrogen-bond acceptors (Lipinski definition) is 4. The highest BCUT2D eigenvalue weighted by molar-refractivity contribution is 5.94. The fraction of sp³-hybridized carbons (Fsp3) is 0.241. The predicted molar refractivity (Wildman–Crippen MR) is 141 cm³/mol. The fourth-order valence-corrected chi connectivity index (χ4v) is 4.38. The van der Waals surface area contributed by atoms with E-state index in [0.717, 1.165) is 27.7 Å². The number of amides is 1. The van der Waals surface area contributed by atoms with Gasteiger partial charge in [0.25, 0.3) is 0 Å². The highest BCUT2D eigenvalue weighted by atomic mass is 16.5. The molecule has 0 saturated carbocycles. The fourth-order valence-electron chi connectivity index (χ4n) is 4.38. The maximum atomic E-state index is 13.0. The van der Waals surface area contributed by atoms with Crippen LogP contribution in [0.25, 0.3) is 10.9 Å². The molecule has 0 aliphatic rings. The molecule has 1 atom stereocenters. The molecule has 0 bridgehead atoms. The zero-order chi connectivity index (χ0) is 24.9. The van der Waals surface area contributed by atoms with E-state index in [4.69, 9.17) is 4.74 Å². The number of rotatable bonds is 9. The Morgan fingerprint density at radius 3 is 2.46 bits per heavy atom. The summed E-state index contributed by atoms with van der Waals surface area (Å²) in [7, 11) is 5.60. The first kappa shape index (κ1) is 24.1. The predicted octanol–water partition coefficient (Wildman–Crippen LogP) is 4.94. The summed E-state index contributed by atoms with van der Waals surface area (Å²) in [6.45, 7) is 1.95. The van der Waals surface area contributed by atoms with Gasteiger partial charge in [0.2, 0.25) is 5.91 Å². The summed E-state index contributed by atoms with van der Waals surface area (Å²) >= 11 is 0. The van der Waals surface area contributed by atoms with Crippen LogP contribution in [0.3, 0.4) is 0 Å². The van der Waals surface area contributed by atoms with Crippen molar-refractivity contribution in [1.82, 2.24) is 10.3 Å². The first-order chi connectivity index (χ1) is 16.9. The van der Waals surface area contributed by atoms with Crippen LogP contribution in [0.4, 0.5) is 5.69 Å². The van der Waals surface area contributed by atoms with Crippen molar-refractivity contribution < 1.29 is 14.3 Å². The van der Waals surface area contributed by atoms with Crippen molar-refractivity contribution >= 4 is 28.3 Å². The number of para-hydroxylation sites is 1. The first-order valence-corrected chi connectivity index (χ1v) is 11.6. The molecule has 0 aliphatic carbocycles. The minimum absolute atomic E-state index is 0.0308. The van der Waals surface area contributed by atoms with Crippen LogP contribution < -0.4 is 15.0 Å². The maximum absolute atomic E-state index is 13.0. The van der Waals surface area contributed by atoms with Crippen LogP contribution in [-0.2, 0) is 11.2 Å². The van der Waals surface area contributed by atoms with Crippen LogP contribution >= 0.6 is 0 Å². The van der Waals surface area contributed by atoms with Gasteiger partial charge in [-0.05, 0) is 54.4 Å². The number of ketones is 1. The van der Waals surface area contributed by atoms with Crippen LogP contribution in [0.15, 0.2) is 72.9 Å². The molecule has 0 fully saturated rings. The van der Waals surface area contributed by atoms with Gasteiger partial charge >= 0.3 is 0 Å². The van der Waals surface area contributed by atoms with E-state index < -0.39 is 0 Å². The number of ether oxygens (including phenoxy) is 1. The van der Waals surface area contributed by atoms with Gasteiger partial charge in [-0.1, -0.05) is 30.3 Å². The Kier molecular flexibility index (Phi) is 7.20. The number of anilines is 1. The normalized spacial score (nSPS) is 11.8. The molecule has 0 saturated heterocycles. The number of hydrogen-bond donors (Lipinski definition) is 2. The average molecular weight is 470 g/mol. The van der Waals surface area contributed by atoms with E-state index in [2.05, 4.69) is 51.6 Å². The second kappa shape index (κ2) is 10.5. The van der Waals surface area contributed by atoms with E-state index in [1.54, 1.807) is 25.3 Å². The molecule has 6 nitrogen and oxygen atoms in total. The van der Waals surface area contributed by atoms with Gasteiger partial charge in [0, 0.05) is 60.5 Å². The molecule has 1 unspecified atom stereocenters. The molecule has 1 aromatic heterocycles. The zero-order valence-electron chi connectivity index (χ0n) is 20.6. The highest BCUT2D eigenvalue weighted by Gasteiger charge is 2.20. The largest absolute Gasteiger partial charge is 0.496 e. The van der Waals surface area contributed by atoms with Crippen molar-refractivity contribution in [2.75, 3.05) is 32.6 Å². The molecule has 0 radical (unpaired) electrons. The number of nitrogens with one attached hydrogen (secondary N) is 2. The summed E-state index contributed by atoms with van der Waals surface area (Å²) in [5, 5.41) is 4.25. The highest BCUT2D eigenvalue weighted by Crippen LogP contribution is 2.31. The van der Waals surface area contributed by atoms with Crippen molar-refractivity contribution in [1.29, 1.82) is 0 Å². The number of benzene rings is 3. The number of H-pyrrole nitrogens is 1. The lowest BCUT2D eigenvalue weighted by Gasteiger charge is -2.20. The third kappa shape index (κ3) is 5.38. The van der Waals surface area contributed by atoms with E-state index in [0.29, 0.717) is 23.4 Å². The van der Waals surface area contributed by atoms with E-state index in [-0.39, 0.29) is 24.0 Å². The number of carbonyl (C=O) groups excluding carboxylic acids is 2. The summed E-state index contributed by atoms with van der Waals surface area (Å²) in [6, 6.07) is 21.8. The molecule has 180 valence electrons. The van der Waals surface area contributed by atoms with Gasteiger partial charge in [-0.25, -0.2) is 0 Å². The van der Waals surface area contributed by atoms with Gasteiger partial charge in [0.1, 0.15) is 5.75 Å². The van der Waals surface area contributed by atoms with Gasteiger partial charge in [0.15, 0.2) is 5.78 Å². The van der Waals surface area contributed by atoms with Gasteiger partial charge < -0.3 is 19.9 Å². The molecule has 1 heterocycles. The molecule has 35 heavy (non-hydrogen) atoms. The molecule has 3 aromatic carbocycles. The van der Waals surface area contributed by atoms with E-state index in [1.165, 1.54) is 6.92 Å². The summed E-state index contributed by atoms with van der Waals surface area (Å²) in [5.74, 6) is 0.392. The van der Waals surface area contributed by atoms with Crippen molar-refractivity contribution in [2.24, 2.45) is 0 Å². The lowest BCUT2D eigenvalue weighted by Crippen LogP contribution is -2.30. The lowest BCUT2D eigenvalue weighted by molar-refractivity contribution is -0.120. The number of Topliss-reactive ketones (excluding diaryl/α,β-unsaturated/α-hetero) is 1. The quantitative estimate of drug-likeness (QED) is 0.341. The number of aromatic nitrogens is 1. The van der Waals surface area contributed by atoms with Crippen LogP contribution in [0.5, 0.6) is 5.75 Å². The lowest BCUT2D eigenvalue weighted by atomic mass is 9.90. The van der Waals surface area contributed by atoms with Crippen LogP contribution in [0, 0.1) is 0 Å². The van der Waals surface area contributed by atoms with Gasteiger partial charge in [-0.15, -0.1) is 0 Å². The summed E-state index contributed by atoms with van der Waals surface area (Å²) in [5.41, 5.74) is 5.69. The van der Waals surface area contributed by atoms with Gasteiger partial charge in [0.05, 0.1) is 13.5 Å². The number of nitrogens with zero attached hydrogens (tertiary/aromatic N) is 1. The van der Waals surface area contributed by atoms with Crippen LogP contribution in [0.1, 0.15) is 39.9 Å². The number of methoxy groups -OCH3 is 1. The Hall–Kier alpha value is -4.06. The number of carbonyl (C=O) groups is 2. The molecule has 1 amide bonds. The second-order valence-electron chi connectivity index (χ2n) is 8.89. The standard InChI is InChI=1S/C29H31N3O3/c1-19(33)21-11-14-28(35-4)22(15-21)16-29(34)31-17-25(20-9-12-23(13-10-20)32(2)3)26-18-30-27-8-6-5-7-24(26)27/h5-15,18,25,30H,16-17H2,1-4H3,(H,31,34). The van der Waals surface area contributed by atoms with Gasteiger partial charge in [-0.2, -0.15) is 0 Å². The summed E-state index contributed by atoms with van der Waals surface area (Å²) < 4.78 is 5.41. The molecule has 2 N–H and O–H groups in total. The Morgan fingerprint density at radius 2 is 1.77 bits per heavy atom. The Bertz CT molecular complexity index is 1340. The van der Waals surface area contributed by atoms with Crippen molar-refractivity contribution in [3.8, 4) is 5.75 Å². The molecule has 6 heteroatoms. The van der Waals surface area contributed by atoms with Crippen molar-refractivity contribution in [3.63, 3.8) is 0 Å². The molecular formula is C29H31N3O3.